The Kier molecular flexibility index (Phi) is 9.22. The number of furan rings is 1. The number of aliphatic hydroxyl groups is 1. The van der Waals surface area contributed by atoms with E-state index in [1.807, 2.05) is 13.8 Å². The number of nitrogens with one attached hydrogen (secondary N) is 3. The third-order valence-electron chi connectivity index (χ3n) is 3.54. The molecular formula is C18H26IN5O3. The van der Waals surface area contributed by atoms with Crippen molar-refractivity contribution < 1.29 is 14.3 Å². The third-order valence-corrected chi connectivity index (χ3v) is 3.54. The van der Waals surface area contributed by atoms with E-state index in [1.54, 1.807) is 43.6 Å². The van der Waals surface area contributed by atoms with E-state index >= 15 is 0 Å². The Hall–Kier alpha value is -2.14. The highest BCUT2D eigenvalue weighted by atomic mass is 127. The molecule has 9 heteroatoms. The van der Waals surface area contributed by atoms with E-state index in [2.05, 4.69) is 25.9 Å². The van der Waals surface area contributed by atoms with Crippen LogP contribution in [0.2, 0.25) is 0 Å². The minimum Gasteiger partial charge on any atom is -0.463 e. The molecule has 1 amide bonds. The zero-order valence-corrected chi connectivity index (χ0v) is 18.0. The summed E-state index contributed by atoms with van der Waals surface area (Å²) in [6.45, 7) is 6.12. The standard InChI is InChI=1S/C18H25N5O3.HI/c1-4-20-17(21-11-16(24)23-14-6-5-9-19-10-14)22-12-18(3,25)15-8-7-13(2)26-15;/h5-10,25H,4,11-12H2,1-3H3,(H,23,24)(H2,20,21,22);1H. The Morgan fingerprint density at radius 2 is 2.11 bits per heavy atom. The summed E-state index contributed by atoms with van der Waals surface area (Å²) in [7, 11) is 0. The number of aromatic nitrogens is 1. The van der Waals surface area contributed by atoms with Crippen molar-refractivity contribution in [1.82, 2.24) is 15.6 Å². The van der Waals surface area contributed by atoms with Crippen LogP contribution in [-0.2, 0) is 10.4 Å². The van der Waals surface area contributed by atoms with Crippen LogP contribution in [0.4, 0.5) is 5.69 Å². The van der Waals surface area contributed by atoms with Gasteiger partial charge in [0.05, 0.1) is 18.4 Å². The smallest absolute Gasteiger partial charge is 0.246 e. The van der Waals surface area contributed by atoms with Crippen LogP contribution >= 0.6 is 24.0 Å². The molecule has 0 aliphatic rings. The van der Waals surface area contributed by atoms with Gasteiger partial charge >= 0.3 is 0 Å². The Balaban J connectivity index is 0.00000364. The minimum atomic E-state index is -1.21. The lowest BCUT2D eigenvalue weighted by atomic mass is 10.0. The van der Waals surface area contributed by atoms with Gasteiger partial charge in [0.1, 0.15) is 23.7 Å². The van der Waals surface area contributed by atoms with Crippen LogP contribution in [0.3, 0.4) is 0 Å². The second kappa shape index (κ2) is 10.9. The molecule has 1 atom stereocenters. The predicted molar refractivity (Wildman–Crippen MR) is 115 cm³/mol. The monoisotopic (exact) mass is 487 g/mol. The summed E-state index contributed by atoms with van der Waals surface area (Å²) in [6, 6.07) is 7.03. The van der Waals surface area contributed by atoms with Gasteiger partial charge in [0, 0.05) is 12.7 Å². The first kappa shape index (κ1) is 22.9. The van der Waals surface area contributed by atoms with Crippen molar-refractivity contribution in [3.8, 4) is 0 Å². The molecule has 2 rings (SSSR count). The number of aliphatic imine (C=N–C) groups is 1. The van der Waals surface area contributed by atoms with Gasteiger partial charge < -0.3 is 25.5 Å². The summed E-state index contributed by atoms with van der Waals surface area (Å²) in [6.07, 6.45) is 3.20. The number of carbonyl (C=O) groups excluding carboxylic acids is 1. The fourth-order valence-electron chi connectivity index (χ4n) is 2.20. The number of rotatable bonds is 7. The lowest BCUT2D eigenvalue weighted by molar-refractivity contribution is -0.114. The van der Waals surface area contributed by atoms with E-state index in [0.29, 0.717) is 24.0 Å². The molecule has 0 aromatic carbocycles. The van der Waals surface area contributed by atoms with Crippen LogP contribution in [-0.4, -0.2) is 41.6 Å². The number of amides is 1. The van der Waals surface area contributed by atoms with Crippen molar-refractivity contribution in [2.45, 2.75) is 26.4 Å². The zero-order chi connectivity index (χ0) is 19.0. The molecule has 148 valence electrons. The predicted octanol–water partition coefficient (Wildman–Crippen LogP) is 2.00. The van der Waals surface area contributed by atoms with Gasteiger partial charge in [-0.2, -0.15) is 0 Å². The van der Waals surface area contributed by atoms with Crippen LogP contribution in [0, 0.1) is 6.92 Å². The minimum absolute atomic E-state index is 0. The van der Waals surface area contributed by atoms with E-state index in [1.165, 1.54) is 0 Å². The average Bonchev–Trinajstić information content (AvgIpc) is 3.06. The molecule has 2 heterocycles. The van der Waals surface area contributed by atoms with E-state index in [4.69, 9.17) is 4.42 Å². The average molecular weight is 487 g/mol. The van der Waals surface area contributed by atoms with Gasteiger partial charge in [0.2, 0.25) is 5.91 Å². The SMILES string of the molecule is CCNC(=NCC(=O)Nc1cccnc1)NCC(C)(O)c1ccc(C)o1.I. The highest BCUT2D eigenvalue weighted by Gasteiger charge is 2.27. The molecule has 8 nitrogen and oxygen atoms in total. The van der Waals surface area contributed by atoms with Crippen molar-refractivity contribution in [2.24, 2.45) is 4.99 Å². The molecule has 0 spiro atoms. The van der Waals surface area contributed by atoms with E-state index in [0.717, 1.165) is 5.76 Å². The van der Waals surface area contributed by atoms with Crippen LogP contribution in [0.25, 0.3) is 0 Å². The summed E-state index contributed by atoms with van der Waals surface area (Å²) in [5, 5.41) is 19.3. The number of hydrogen-bond acceptors (Lipinski definition) is 5. The normalized spacial score (nSPS) is 13.3. The number of aryl methyl sites for hydroxylation is 1. The molecule has 27 heavy (non-hydrogen) atoms. The largest absolute Gasteiger partial charge is 0.463 e. The summed E-state index contributed by atoms with van der Waals surface area (Å²) >= 11 is 0. The quantitative estimate of drug-likeness (QED) is 0.270. The lowest BCUT2D eigenvalue weighted by Crippen LogP contribution is -2.44. The highest BCUT2D eigenvalue weighted by molar-refractivity contribution is 14.0. The highest BCUT2D eigenvalue weighted by Crippen LogP contribution is 2.21. The Bertz CT molecular complexity index is 746. The summed E-state index contributed by atoms with van der Waals surface area (Å²) in [5.74, 6) is 1.36. The van der Waals surface area contributed by atoms with Crippen LogP contribution < -0.4 is 16.0 Å². The molecule has 0 bridgehead atoms. The summed E-state index contributed by atoms with van der Waals surface area (Å²) < 4.78 is 5.48. The fraction of sp³-hybridized carbons (Fsp3) is 0.389. The fourth-order valence-corrected chi connectivity index (χ4v) is 2.20. The van der Waals surface area contributed by atoms with Crippen LogP contribution in [0.5, 0.6) is 0 Å². The van der Waals surface area contributed by atoms with E-state index in [9.17, 15) is 9.90 Å². The number of hydrogen-bond donors (Lipinski definition) is 4. The molecule has 1 unspecified atom stereocenters. The number of anilines is 1. The van der Waals surface area contributed by atoms with Crippen molar-refractivity contribution in [3.63, 3.8) is 0 Å². The van der Waals surface area contributed by atoms with Gasteiger partial charge in [-0.05, 0) is 45.0 Å². The Morgan fingerprint density at radius 1 is 1.33 bits per heavy atom. The topological polar surface area (TPSA) is 112 Å². The maximum Gasteiger partial charge on any atom is 0.246 e. The molecule has 4 N–H and O–H groups in total. The number of halogens is 1. The molecule has 0 aliphatic carbocycles. The number of carbonyl (C=O) groups is 1. The van der Waals surface area contributed by atoms with Crippen molar-refractivity contribution in [2.75, 3.05) is 25.0 Å². The molecule has 0 saturated carbocycles. The molecule has 2 aromatic heterocycles. The van der Waals surface area contributed by atoms with Gasteiger partial charge in [-0.3, -0.25) is 9.78 Å². The van der Waals surface area contributed by atoms with E-state index in [-0.39, 0.29) is 43.0 Å². The maximum atomic E-state index is 12.0. The Morgan fingerprint density at radius 3 is 2.70 bits per heavy atom. The van der Waals surface area contributed by atoms with Crippen molar-refractivity contribution in [1.29, 1.82) is 0 Å². The zero-order valence-electron chi connectivity index (χ0n) is 15.7. The van der Waals surface area contributed by atoms with Crippen LogP contribution in [0.15, 0.2) is 46.1 Å². The number of nitrogens with zero attached hydrogens (tertiary/aromatic N) is 2. The third kappa shape index (κ3) is 7.55. The molecule has 0 aliphatic heterocycles. The molecule has 0 radical (unpaired) electrons. The first-order valence-corrected chi connectivity index (χ1v) is 8.42. The van der Waals surface area contributed by atoms with E-state index < -0.39 is 5.60 Å². The van der Waals surface area contributed by atoms with Crippen molar-refractivity contribution in [3.05, 3.63) is 48.2 Å². The number of guanidine groups is 1. The maximum absolute atomic E-state index is 12.0. The van der Waals surface area contributed by atoms with Gasteiger partial charge in [-0.15, -0.1) is 24.0 Å². The second-order valence-electron chi connectivity index (χ2n) is 6.02. The van der Waals surface area contributed by atoms with Crippen molar-refractivity contribution >= 4 is 41.5 Å². The summed E-state index contributed by atoms with van der Waals surface area (Å²) in [4.78, 5) is 20.1. The second-order valence-corrected chi connectivity index (χ2v) is 6.02. The lowest BCUT2D eigenvalue weighted by Gasteiger charge is -2.22. The van der Waals surface area contributed by atoms with Gasteiger partial charge in [-0.1, -0.05) is 0 Å². The van der Waals surface area contributed by atoms with Gasteiger partial charge in [-0.25, -0.2) is 4.99 Å². The number of pyridine rings is 1. The molecule has 0 saturated heterocycles. The van der Waals surface area contributed by atoms with Gasteiger partial charge in [0.15, 0.2) is 5.96 Å². The van der Waals surface area contributed by atoms with Crippen LogP contribution in [0.1, 0.15) is 25.4 Å². The van der Waals surface area contributed by atoms with Gasteiger partial charge in [0.25, 0.3) is 0 Å². The Labute approximate surface area is 175 Å². The first-order valence-electron chi connectivity index (χ1n) is 8.42. The molecule has 2 aromatic rings. The summed E-state index contributed by atoms with van der Waals surface area (Å²) in [5.41, 5.74) is -0.593. The molecule has 0 fully saturated rings. The first-order chi connectivity index (χ1) is 12.4. The molecular weight excluding hydrogens is 461 g/mol.